The average molecular weight is 326 g/mol. The molecular weight excluding hydrogens is 304 g/mol. The summed E-state index contributed by atoms with van der Waals surface area (Å²) in [4.78, 5) is 28.2. The van der Waals surface area contributed by atoms with Gasteiger partial charge in [-0.05, 0) is 26.2 Å². The van der Waals surface area contributed by atoms with Crippen LogP contribution in [-0.2, 0) is 11.8 Å². The molecule has 1 aliphatic carbocycles. The summed E-state index contributed by atoms with van der Waals surface area (Å²) in [6.07, 6.45) is 3.19. The number of halogens is 1. The van der Waals surface area contributed by atoms with E-state index in [9.17, 15) is 9.59 Å². The van der Waals surface area contributed by atoms with Crippen molar-refractivity contribution >= 4 is 28.5 Å². The fourth-order valence-corrected chi connectivity index (χ4v) is 3.57. The van der Waals surface area contributed by atoms with Gasteiger partial charge in [0.2, 0.25) is 5.91 Å². The highest BCUT2D eigenvalue weighted by Crippen LogP contribution is 2.38. The number of carbonyl (C=O) groups excluding carboxylic acids is 1. The van der Waals surface area contributed by atoms with Crippen LogP contribution in [0.15, 0.2) is 17.1 Å². The van der Waals surface area contributed by atoms with Crippen LogP contribution in [0.1, 0.15) is 43.3 Å². The molecule has 2 aromatic heterocycles. The molecule has 6 nitrogen and oxygen atoms in total. The van der Waals surface area contributed by atoms with Crippen LogP contribution in [0.2, 0.25) is 5.15 Å². The molecule has 1 aliphatic rings. The Balaban J connectivity index is 2.14. The first-order valence-electron chi connectivity index (χ1n) is 8.59. The van der Waals surface area contributed by atoms with Gasteiger partial charge in [0.15, 0.2) is 0 Å². The van der Waals surface area contributed by atoms with Crippen LogP contribution in [0.25, 0.3) is 11.0 Å². The molecule has 1 saturated carbocycles. The summed E-state index contributed by atoms with van der Waals surface area (Å²) in [5.41, 5.74) is -0.377. The minimum Gasteiger partial charge on any atom is -0.351 e. The first-order valence-corrected chi connectivity index (χ1v) is 7.47. The van der Waals surface area contributed by atoms with Crippen molar-refractivity contribution in [2.75, 3.05) is 0 Å². The maximum atomic E-state index is 12.9. The van der Waals surface area contributed by atoms with Crippen LogP contribution in [0.3, 0.4) is 0 Å². The number of fused-ring (bicyclic) bond motifs is 1. The third-order valence-corrected chi connectivity index (χ3v) is 4.49. The Bertz CT molecular complexity index is 905. The van der Waals surface area contributed by atoms with E-state index in [1.807, 2.05) is 6.92 Å². The Kier molecular flexibility index (Phi) is 2.73. The molecule has 1 amide bonds. The lowest BCUT2D eigenvalue weighted by Gasteiger charge is -2.25. The molecule has 0 saturated heterocycles. The standard InChI is InChI=1S/C15H19ClN4O2/c1-9(21)18-15(2)5-4-10(7-15)20-11-6-13(16)17-8-12(11)19(3)14(20)22/h6,8,10H,4-5,7H2,1-3H3,(H,18,21)/t10-,15+/m1/s1/i3D3. The van der Waals surface area contributed by atoms with Crippen molar-refractivity contribution in [1.29, 1.82) is 0 Å². The lowest BCUT2D eigenvalue weighted by molar-refractivity contribution is -0.120. The summed E-state index contributed by atoms with van der Waals surface area (Å²) in [6, 6.07) is 1.28. The van der Waals surface area contributed by atoms with Crippen molar-refractivity contribution in [3.05, 3.63) is 27.9 Å². The van der Waals surface area contributed by atoms with Crippen LogP contribution >= 0.6 is 11.6 Å². The minimum atomic E-state index is -2.62. The van der Waals surface area contributed by atoms with E-state index in [1.165, 1.54) is 23.8 Å². The van der Waals surface area contributed by atoms with E-state index in [0.29, 0.717) is 24.8 Å². The van der Waals surface area contributed by atoms with E-state index < -0.39 is 18.2 Å². The Morgan fingerprint density at radius 2 is 2.36 bits per heavy atom. The van der Waals surface area contributed by atoms with Gasteiger partial charge in [0.1, 0.15) is 5.15 Å². The monoisotopic (exact) mass is 325 g/mol. The van der Waals surface area contributed by atoms with E-state index in [4.69, 9.17) is 15.7 Å². The third-order valence-electron chi connectivity index (χ3n) is 4.28. The van der Waals surface area contributed by atoms with Gasteiger partial charge >= 0.3 is 5.69 Å². The van der Waals surface area contributed by atoms with Crippen molar-refractivity contribution in [3.63, 3.8) is 0 Å². The van der Waals surface area contributed by atoms with Crippen LogP contribution in [-0.4, -0.2) is 25.6 Å². The molecule has 1 fully saturated rings. The van der Waals surface area contributed by atoms with Gasteiger partial charge in [-0.25, -0.2) is 9.78 Å². The summed E-state index contributed by atoms with van der Waals surface area (Å²) < 4.78 is 25.3. The molecule has 2 atom stereocenters. The van der Waals surface area contributed by atoms with E-state index in [0.717, 1.165) is 4.57 Å². The first kappa shape index (κ1) is 11.7. The second kappa shape index (κ2) is 5.12. The molecule has 2 heterocycles. The summed E-state index contributed by atoms with van der Waals surface area (Å²) in [6.45, 7) is 0.767. The molecule has 0 unspecified atom stereocenters. The summed E-state index contributed by atoms with van der Waals surface area (Å²) >= 11 is 5.96. The zero-order valence-electron chi connectivity index (χ0n) is 15.4. The molecule has 118 valence electrons. The number of amides is 1. The highest BCUT2D eigenvalue weighted by atomic mass is 35.5. The molecule has 0 radical (unpaired) electrons. The van der Waals surface area contributed by atoms with Crippen molar-refractivity contribution < 1.29 is 8.91 Å². The average Bonchev–Trinajstić information content (AvgIpc) is 2.94. The SMILES string of the molecule is [2H]C([2H])([2H])n1c(=O)n([C@@H]2CC[C@](C)(NC(C)=O)C2)c2cc(Cl)ncc21. The fourth-order valence-electron chi connectivity index (χ4n) is 3.41. The Morgan fingerprint density at radius 1 is 1.59 bits per heavy atom. The van der Waals surface area contributed by atoms with Gasteiger partial charge in [0, 0.05) is 35.7 Å². The number of aryl methyl sites for hydroxylation is 1. The topological polar surface area (TPSA) is 68.9 Å². The van der Waals surface area contributed by atoms with Crippen LogP contribution in [0.4, 0.5) is 0 Å². The smallest absolute Gasteiger partial charge is 0.329 e. The quantitative estimate of drug-likeness (QED) is 0.859. The number of imidazole rings is 1. The number of nitrogens with one attached hydrogen (secondary N) is 1. The van der Waals surface area contributed by atoms with Crippen LogP contribution < -0.4 is 11.0 Å². The highest BCUT2D eigenvalue weighted by Gasteiger charge is 2.38. The van der Waals surface area contributed by atoms with Crippen LogP contribution in [0, 0.1) is 0 Å². The first-order chi connectivity index (χ1) is 11.5. The number of hydrogen-bond acceptors (Lipinski definition) is 3. The minimum absolute atomic E-state index is 0.132. The fraction of sp³-hybridized carbons (Fsp3) is 0.533. The Labute approximate surface area is 137 Å². The number of carbonyl (C=O) groups is 1. The molecule has 22 heavy (non-hydrogen) atoms. The largest absolute Gasteiger partial charge is 0.351 e. The molecule has 1 N–H and O–H groups in total. The lowest BCUT2D eigenvalue weighted by Crippen LogP contribution is -2.43. The summed E-state index contributed by atoms with van der Waals surface area (Å²) in [5.74, 6) is -0.132. The molecule has 0 aliphatic heterocycles. The zero-order valence-corrected chi connectivity index (χ0v) is 13.1. The van der Waals surface area contributed by atoms with E-state index >= 15 is 0 Å². The molecular formula is C15H19ClN4O2. The van der Waals surface area contributed by atoms with Crippen molar-refractivity contribution in [1.82, 2.24) is 19.4 Å². The van der Waals surface area contributed by atoms with Gasteiger partial charge in [-0.1, -0.05) is 11.6 Å². The molecule has 0 aromatic carbocycles. The maximum Gasteiger partial charge on any atom is 0.329 e. The molecule has 7 heteroatoms. The van der Waals surface area contributed by atoms with Crippen LogP contribution in [0.5, 0.6) is 0 Å². The predicted octanol–water partition coefficient (Wildman–Crippen LogP) is 2.01. The van der Waals surface area contributed by atoms with Crippen molar-refractivity contribution in [2.24, 2.45) is 6.98 Å². The van der Waals surface area contributed by atoms with Gasteiger partial charge < -0.3 is 5.32 Å². The van der Waals surface area contributed by atoms with E-state index in [1.54, 1.807) is 0 Å². The van der Waals surface area contributed by atoms with E-state index in [2.05, 4.69) is 10.3 Å². The van der Waals surface area contributed by atoms with Gasteiger partial charge in [0.05, 0.1) is 17.2 Å². The lowest BCUT2D eigenvalue weighted by atomic mass is 10.0. The number of pyridine rings is 1. The number of rotatable bonds is 2. The van der Waals surface area contributed by atoms with Gasteiger partial charge in [-0.15, -0.1) is 0 Å². The summed E-state index contributed by atoms with van der Waals surface area (Å²) in [7, 11) is 0. The van der Waals surface area contributed by atoms with Gasteiger partial charge in [-0.2, -0.15) is 0 Å². The van der Waals surface area contributed by atoms with Gasteiger partial charge in [-0.3, -0.25) is 13.9 Å². The number of aromatic nitrogens is 3. The maximum absolute atomic E-state index is 12.9. The summed E-state index contributed by atoms with van der Waals surface area (Å²) in [5, 5.41) is 3.11. The number of nitrogens with zero attached hydrogens (tertiary/aromatic N) is 3. The Hall–Kier alpha value is -1.82. The van der Waals surface area contributed by atoms with E-state index in [-0.39, 0.29) is 22.6 Å². The second-order valence-electron chi connectivity index (χ2n) is 6.12. The second-order valence-corrected chi connectivity index (χ2v) is 6.51. The molecule has 2 aromatic rings. The zero-order chi connectivity index (χ0) is 18.6. The third kappa shape index (κ3) is 2.41. The molecule has 3 rings (SSSR count). The van der Waals surface area contributed by atoms with Crippen molar-refractivity contribution in [3.8, 4) is 0 Å². The van der Waals surface area contributed by atoms with Gasteiger partial charge in [0.25, 0.3) is 0 Å². The molecule has 0 spiro atoms. The highest BCUT2D eigenvalue weighted by molar-refractivity contribution is 6.29. The van der Waals surface area contributed by atoms with Crippen molar-refractivity contribution in [2.45, 2.75) is 44.7 Å². The Morgan fingerprint density at radius 3 is 3.05 bits per heavy atom. The normalized spacial score (nSPS) is 27.4. The molecule has 0 bridgehead atoms. The predicted molar refractivity (Wildman–Crippen MR) is 85.1 cm³/mol. The number of hydrogen-bond donors (Lipinski definition) is 1.